The van der Waals surface area contributed by atoms with Crippen LogP contribution in [0.1, 0.15) is 55.8 Å². The number of likely N-dealkylation sites (tertiary alicyclic amines) is 1. The van der Waals surface area contributed by atoms with E-state index in [0.717, 1.165) is 40.6 Å². The SMILES string of the molecule is Cc1sc2nc(C(C)C)nc(SCC(=O)N3CCC[C@@H](C)C3)c2c1C. The van der Waals surface area contributed by atoms with Crippen LogP contribution >= 0.6 is 23.1 Å². The number of thiophene rings is 1. The molecule has 0 spiro atoms. The van der Waals surface area contributed by atoms with Gasteiger partial charge in [-0.15, -0.1) is 11.3 Å². The van der Waals surface area contributed by atoms with Crippen molar-refractivity contribution in [3.63, 3.8) is 0 Å². The molecule has 0 saturated carbocycles. The van der Waals surface area contributed by atoms with Gasteiger partial charge in [0.05, 0.1) is 5.75 Å². The van der Waals surface area contributed by atoms with E-state index in [2.05, 4.69) is 34.6 Å². The molecule has 0 N–H and O–H groups in total. The minimum Gasteiger partial charge on any atom is -0.342 e. The first-order valence-corrected chi connectivity index (χ1v) is 10.8. The fourth-order valence-electron chi connectivity index (χ4n) is 3.23. The van der Waals surface area contributed by atoms with Gasteiger partial charge in [-0.2, -0.15) is 0 Å². The number of rotatable bonds is 4. The Labute approximate surface area is 158 Å². The Hall–Kier alpha value is -1.14. The van der Waals surface area contributed by atoms with Gasteiger partial charge in [-0.05, 0) is 38.2 Å². The Bertz CT molecular complexity index is 785. The summed E-state index contributed by atoms with van der Waals surface area (Å²) in [6.07, 6.45) is 2.35. The van der Waals surface area contributed by atoms with Crippen molar-refractivity contribution in [2.24, 2.45) is 5.92 Å². The standard InChI is InChI=1S/C19H27N3OS2/c1-11(2)17-20-18(16-13(4)14(5)25-19(16)21-17)24-10-15(23)22-8-6-7-12(3)9-22/h11-12H,6-10H2,1-5H3/t12-/m1/s1. The molecule has 0 bridgehead atoms. The van der Waals surface area contributed by atoms with Gasteiger partial charge in [0.2, 0.25) is 5.91 Å². The number of fused-ring (bicyclic) bond motifs is 1. The Morgan fingerprint density at radius 2 is 2.12 bits per heavy atom. The summed E-state index contributed by atoms with van der Waals surface area (Å²) in [5.74, 6) is 2.47. The highest BCUT2D eigenvalue weighted by Crippen LogP contribution is 2.36. The third-order valence-electron chi connectivity index (χ3n) is 4.87. The zero-order chi connectivity index (χ0) is 18.1. The molecule has 1 aliphatic heterocycles. The fourth-order valence-corrected chi connectivity index (χ4v) is 5.32. The molecule has 1 atom stereocenters. The van der Waals surface area contributed by atoms with Crippen molar-refractivity contribution in [2.45, 2.75) is 58.4 Å². The number of thioether (sulfide) groups is 1. The van der Waals surface area contributed by atoms with E-state index in [1.807, 2.05) is 4.90 Å². The highest BCUT2D eigenvalue weighted by atomic mass is 32.2. The fraction of sp³-hybridized carbons (Fsp3) is 0.632. The van der Waals surface area contributed by atoms with Crippen molar-refractivity contribution < 1.29 is 4.79 Å². The lowest BCUT2D eigenvalue weighted by molar-refractivity contribution is -0.130. The van der Waals surface area contributed by atoms with Crippen molar-refractivity contribution in [3.05, 3.63) is 16.3 Å². The van der Waals surface area contributed by atoms with Crippen molar-refractivity contribution in [2.75, 3.05) is 18.8 Å². The number of hydrogen-bond donors (Lipinski definition) is 0. The van der Waals surface area contributed by atoms with Gasteiger partial charge in [0.1, 0.15) is 15.7 Å². The average Bonchev–Trinajstić information content (AvgIpc) is 2.86. The molecule has 2 aromatic heterocycles. The van der Waals surface area contributed by atoms with Gasteiger partial charge in [0.15, 0.2) is 0 Å². The summed E-state index contributed by atoms with van der Waals surface area (Å²) in [7, 11) is 0. The normalized spacial score (nSPS) is 18.3. The Morgan fingerprint density at radius 3 is 2.80 bits per heavy atom. The molecule has 3 heterocycles. The van der Waals surface area contributed by atoms with Crippen LogP contribution in [0.2, 0.25) is 0 Å². The third-order valence-corrected chi connectivity index (χ3v) is 6.93. The van der Waals surface area contributed by atoms with E-state index in [0.29, 0.717) is 11.7 Å². The molecule has 0 aliphatic carbocycles. The van der Waals surface area contributed by atoms with Gasteiger partial charge < -0.3 is 4.90 Å². The van der Waals surface area contributed by atoms with Crippen molar-refractivity contribution in [1.29, 1.82) is 0 Å². The van der Waals surface area contributed by atoms with E-state index < -0.39 is 0 Å². The molecular weight excluding hydrogens is 350 g/mol. The van der Waals surface area contributed by atoms with Crippen LogP contribution in [-0.2, 0) is 4.79 Å². The van der Waals surface area contributed by atoms with Crippen LogP contribution in [0.3, 0.4) is 0 Å². The Balaban J connectivity index is 1.83. The van der Waals surface area contributed by atoms with E-state index in [4.69, 9.17) is 9.97 Å². The minimum absolute atomic E-state index is 0.235. The summed E-state index contributed by atoms with van der Waals surface area (Å²) < 4.78 is 0. The summed E-state index contributed by atoms with van der Waals surface area (Å²) in [4.78, 5) is 26.5. The second kappa shape index (κ2) is 7.62. The third kappa shape index (κ3) is 4.00. The van der Waals surface area contributed by atoms with Gasteiger partial charge >= 0.3 is 0 Å². The largest absolute Gasteiger partial charge is 0.342 e. The van der Waals surface area contributed by atoms with E-state index in [1.165, 1.54) is 16.9 Å². The van der Waals surface area contributed by atoms with Gasteiger partial charge in [-0.1, -0.05) is 32.5 Å². The lowest BCUT2D eigenvalue weighted by Gasteiger charge is -2.30. The molecule has 1 fully saturated rings. The maximum absolute atomic E-state index is 12.6. The van der Waals surface area contributed by atoms with Crippen LogP contribution in [0.25, 0.3) is 10.2 Å². The summed E-state index contributed by atoms with van der Waals surface area (Å²) in [5.41, 5.74) is 1.25. The number of nitrogens with zero attached hydrogens (tertiary/aromatic N) is 3. The second-order valence-electron chi connectivity index (χ2n) is 7.38. The summed E-state index contributed by atoms with van der Waals surface area (Å²) in [6, 6.07) is 0. The molecule has 1 saturated heterocycles. The molecule has 0 radical (unpaired) electrons. The minimum atomic E-state index is 0.235. The number of aryl methyl sites for hydroxylation is 2. The van der Waals surface area contributed by atoms with Crippen LogP contribution in [0, 0.1) is 19.8 Å². The number of hydrogen-bond acceptors (Lipinski definition) is 5. The van der Waals surface area contributed by atoms with Crippen LogP contribution in [-0.4, -0.2) is 39.6 Å². The van der Waals surface area contributed by atoms with E-state index in [-0.39, 0.29) is 11.8 Å². The van der Waals surface area contributed by atoms with Gasteiger partial charge in [0.25, 0.3) is 0 Å². The molecule has 25 heavy (non-hydrogen) atoms. The highest BCUT2D eigenvalue weighted by molar-refractivity contribution is 8.00. The quantitative estimate of drug-likeness (QED) is 0.568. The maximum atomic E-state index is 12.6. The lowest BCUT2D eigenvalue weighted by Crippen LogP contribution is -2.40. The van der Waals surface area contributed by atoms with Crippen molar-refractivity contribution >= 4 is 39.2 Å². The van der Waals surface area contributed by atoms with Crippen LogP contribution in [0.5, 0.6) is 0 Å². The number of carbonyl (C=O) groups excluding carboxylic acids is 1. The van der Waals surface area contributed by atoms with E-state index >= 15 is 0 Å². The van der Waals surface area contributed by atoms with Crippen molar-refractivity contribution in [1.82, 2.24) is 14.9 Å². The molecule has 4 nitrogen and oxygen atoms in total. The number of piperidine rings is 1. The summed E-state index contributed by atoms with van der Waals surface area (Å²) in [5, 5.41) is 2.10. The van der Waals surface area contributed by atoms with Gasteiger partial charge in [0, 0.05) is 29.3 Å². The molecule has 0 aromatic carbocycles. The molecule has 3 rings (SSSR count). The van der Waals surface area contributed by atoms with Crippen LogP contribution < -0.4 is 0 Å². The zero-order valence-corrected chi connectivity index (χ0v) is 17.4. The number of amides is 1. The van der Waals surface area contributed by atoms with Crippen LogP contribution in [0.4, 0.5) is 0 Å². The summed E-state index contributed by atoms with van der Waals surface area (Å²) in [6.45, 7) is 12.5. The lowest BCUT2D eigenvalue weighted by atomic mass is 10.0. The molecule has 1 aliphatic rings. The molecule has 1 amide bonds. The van der Waals surface area contributed by atoms with Crippen molar-refractivity contribution in [3.8, 4) is 0 Å². The first-order valence-electron chi connectivity index (χ1n) is 9.05. The molecule has 136 valence electrons. The average molecular weight is 378 g/mol. The zero-order valence-electron chi connectivity index (χ0n) is 15.8. The number of carbonyl (C=O) groups is 1. The predicted molar refractivity (Wildman–Crippen MR) is 107 cm³/mol. The Kier molecular flexibility index (Phi) is 5.68. The molecule has 6 heteroatoms. The van der Waals surface area contributed by atoms with Gasteiger partial charge in [-0.3, -0.25) is 4.79 Å². The number of aromatic nitrogens is 2. The van der Waals surface area contributed by atoms with E-state index in [9.17, 15) is 4.79 Å². The maximum Gasteiger partial charge on any atom is 0.232 e. The summed E-state index contributed by atoms with van der Waals surface area (Å²) >= 11 is 3.30. The monoisotopic (exact) mass is 377 g/mol. The smallest absolute Gasteiger partial charge is 0.232 e. The first-order chi connectivity index (χ1) is 11.9. The molecule has 2 aromatic rings. The first kappa shape index (κ1) is 18.6. The molecule has 0 unspecified atom stereocenters. The second-order valence-corrected chi connectivity index (χ2v) is 9.55. The van der Waals surface area contributed by atoms with E-state index in [1.54, 1.807) is 23.1 Å². The highest BCUT2D eigenvalue weighted by Gasteiger charge is 2.22. The van der Waals surface area contributed by atoms with Gasteiger partial charge in [-0.25, -0.2) is 9.97 Å². The van der Waals surface area contributed by atoms with Crippen LogP contribution in [0.15, 0.2) is 5.03 Å². The molecular formula is C19H27N3OS2. The predicted octanol–water partition coefficient (Wildman–Crippen LogP) is 4.78. The topological polar surface area (TPSA) is 46.1 Å². The Morgan fingerprint density at radius 1 is 1.36 bits per heavy atom.